The summed E-state index contributed by atoms with van der Waals surface area (Å²) in [5.41, 5.74) is -1.73. The normalized spacial score (nSPS) is 17.6. The summed E-state index contributed by atoms with van der Waals surface area (Å²) in [7, 11) is 0.193. The fraction of sp³-hybridized carbons (Fsp3) is 0.345. The van der Waals surface area contributed by atoms with Crippen molar-refractivity contribution >= 4 is 25.7 Å². The molecule has 4 rings (SSSR count). The van der Waals surface area contributed by atoms with Crippen molar-refractivity contribution in [3.63, 3.8) is 0 Å². The molecular weight excluding hydrogens is 556 g/mol. The fourth-order valence-corrected chi connectivity index (χ4v) is 5.06. The van der Waals surface area contributed by atoms with Crippen LogP contribution in [0.1, 0.15) is 30.0 Å². The number of carbonyl (C=O) groups excluding carboxylic acids is 2. The van der Waals surface area contributed by atoms with Crippen LogP contribution in [0.2, 0.25) is 25.7 Å². The molecule has 1 saturated heterocycles. The molecule has 0 saturated carbocycles. The zero-order valence-corrected chi connectivity index (χ0v) is 24.4. The molecule has 0 radical (unpaired) electrons. The van der Waals surface area contributed by atoms with Gasteiger partial charge < -0.3 is 9.64 Å². The SMILES string of the molecule is CN1C(=O)N(c2c(F)cc(C#Cc3ccc(F)cc3F)cc2F)C(=O)C[C@@]1(C)c1cnn(COCC[Si](C)(C)C)c1. The molecule has 216 valence electrons. The monoisotopic (exact) mass is 586 g/mol. The topological polar surface area (TPSA) is 67.7 Å². The molecule has 2 heterocycles. The van der Waals surface area contributed by atoms with Crippen LogP contribution in [0.5, 0.6) is 0 Å². The number of urea groups is 1. The Morgan fingerprint density at radius 3 is 2.34 bits per heavy atom. The first-order chi connectivity index (χ1) is 19.2. The third-order valence-corrected chi connectivity index (χ3v) is 8.66. The molecule has 3 amide bonds. The first-order valence-electron chi connectivity index (χ1n) is 12.9. The third-order valence-electron chi connectivity index (χ3n) is 6.95. The average Bonchev–Trinajstić information content (AvgIpc) is 3.36. The zero-order valence-electron chi connectivity index (χ0n) is 23.4. The van der Waals surface area contributed by atoms with Crippen LogP contribution in [0, 0.1) is 35.1 Å². The van der Waals surface area contributed by atoms with E-state index < -0.39 is 54.5 Å². The molecule has 1 aliphatic rings. The molecule has 3 aromatic rings. The zero-order chi connectivity index (χ0) is 30.1. The number of benzene rings is 2. The first kappa shape index (κ1) is 30.0. The lowest BCUT2D eigenvalue weighted by atomic mass is 9.87. The van der Waals surface area contributed by atoms with E-state index in [1.807, 2.05) is 0 Å². The van der Waals surface area contributed by atoms with Crippen molar-refractivity contribution in [1.82, 2.24) is 14.7 Å². The second-order valence-corrected chi connectivity index (χ2v) is 16.9. The lowest BCUT2D eigenvalue weighted by Gasteiger charge is -2.45. The van der Waals surface area contributed by atoms with Gasteiger partial charge in [0.1, 0.15) is 24.1 Å². The average molecular weight is 587 g/mol. The number of carbonyl (C=O) groups is 2. The molecule has 41 heavy (non-hydrogen) atoms. The lowest BCUT2D eigenvalue weighted by Crippen LogP contribution is -2.60. The lowest BCUT2D eigenvalue weighted by molar-refractivity contribution is -0.122. The van der Waals surface area contributed by atoms with Gasteiger partial charge in [0, 0.05) is 45.1 Å². The maximum Gasteiger partial charge on any atom is 0.332 e. The number of halogens is 4. The van der Waals surface area contributed by atoms with Crippen molar-refractivity contribution in [2.24, 2.45) is 0 Å². The molecule has 0 aliphatic carbocycles. The number of ether oxygens (including phenoxy) is 1. The second kappa shape index (κ2) is 11.5. The van der Waals surface area contributed by atoms with E-state index in [2.05, 4.69) is 36.6 Å². The van der Waals surface area contributed by atoms with Crippen molar-refractivity contribution < 1.29 is 31.9 Å². The van der Waals surface area contributed by atoms with Gasteiger partial charge in [0.25, 0.3) is 0 Å². The second-order valence-electron chi connectivity index (χ2n) is 11.3. The highest BCUT2D eigenvalue weighted by Gasteiger charge is 2.48. The van der Waals surface area contributed by atoms with Crippen molar-refractivity contribution in [2.75, 3.05) is 18.6 Å². The number of anilines is 1. The molecular formula is C29H30F4N4O3Si. The largest absolute Gasteiger partial charge is 0.360 e. The number of hydrogen-bond acceptors (Lipinski definition) is 4. The molecule has 0 N–H and O–H groups in total. The van der Waals surface area contributed by atoms with Crippen LogP contribution in [0.25, 0.3) is 0 Å². The minimum absolute atomic E-state index is 0.165. The van der Waals surface area contributed by atoms with Gasteiger partial charge in [-0.3, -0.25) is 4.79 Å². The number of amides is 3. The molecule has 0 spiro atoms. The summed E-state index contributed by atoms with van der Waals surface area (Å²) in [6, 6.07) is 4.49. The Labute approximate surface area is 236 Å². The Morgan fingerprint density at radius 1 is 1.02 bits per heavy atom. The van der Waals surface area contributed by atoms with Crippen molar-refractivity contribution in [3.8, 4) is 11.8 Å². The number of hydrogen-bond donors (Lipinski definition) is 0. The van der Waals surface area contributed by atoms with Gasteiger partial charge in [-0.1, -0.05) is 31.5 Å². The van der Waals surface area contributed by atoms with Crippen LogP contribution < -0.4 is 4.90 Å². The molecule has 1 aromatic heterocycles. The van der Waals surface area contributed by atoms with Gasteiger partial charge in [-0.05, 0) is 37.2 Å². The van der Waals surface area contributed by atoms with E-state index in [-0.39, 0.29) is 24.3 Å². The van der Waals surface area contributed by atoms with E-state index in [1.165, 1.54) is 18.1 Å². The Hall–Kier alpha value is -3.95. The standard InChI is InChI=1S/C29H30F4N4O3Si/c1-29(21-16-34-36(17-21)18-40-10-11-41(3,4)5)15-26(38)37(28(39)35(29)2)27-24(32)12-19(13-25(27)33)6-7-20-8-9-22(30)14-23(20)31/h8-9,12-14,16-17H,10-11,15,18H2,1-5H3/t29-/m0/s1. The van der Waals surface area contributed by atoms with Gasteiger partial charge in [0.05, 0.1) is 23.7 Å². The molecule has 1 fully saturated rings. The molecule has 7 nitrogen and oxygen atoms in total. The summed E-state index contributed by atoms with van der Waals surface area (Å²) in [6.45, 7) is 9.22. The molecule has 0 unspecified atom stereocenters. The molecule has 0 bridgehead atoms. The van der Waals surface area contributed by atoms with Crippen LogP contribution in [0.15, 0.2) is 42.7 Å². The van der Waals surface area contributed by atoms with Crippen LogP contribution in [0.4, 0.5) is 28.0 Å². The summed E-state index contributed by atoms with van der Waals surface area (Å²) >= 11 is 0. The van der Waals surface area contributed by atoms with Crippen LogP contribution in [-0.2, 0) is 21.8 Å². The van der Waals surface area contributed by atoms with Gasteiger partial charge >= 0.3 is 6.03 Å². The number of aromatic nitrogens is 2. The van der Waals surface area contributed by atoms with E-state index >= 15 is 8.78 Å². The molecule has 1 atom stereocenters. The van der Waals surface area contributed by atoms with E-state index in [0.29, 0.717) is 23.1 Å². The molecule has 12 heteroatoms. The van der Waals surface area contributed by atoms with Crippen LogP contribution in [0.3, 0.4) is 0 Å². The Bertz CT molecular complexity index is 1540. The predicted molar refractivity (Wildman–Crippen MR) is 148 cm³/mol. The summed E-state index contributed by atoms with van der Waals surface area (Å²) < 4.78 is 64.5. The molecule has 1 aliphatic heterocycles. The summed E-state index contributed by atoms with van der Waals surface area (Å²) in [4.78, 5) is 28.3. The maximum atomic E-state index is 15.1. The van der Waals surface area contributed by atoms with Crippen molar-refractivity contribution in [1.29, 1.82) is 0 Å². The Morgan fingerprint density at radius 2 is 1.71 bits per heavy atom. The summed E-state index contributed by atoms with van der Waals surface area (Å²) in [5.74, 6) is -0.108. The maximum absolute atomic E-state index is 15.1. The fourth-order valence-electron chi connectivity index (χ4n) is 4.31. The minimum Gasteiger partial charge on any atom is -0.360 e. The Balaban J connectivity index is 1.53. The van der Waals surface area contributed by atoms with Gasteiger partial charge in [0.2, 0.25) is 5.91 Å². The first-order valence-corrected chi connectivity index (χ1v) is 16.6. The van der Waals surface area contributed by atoms with Crippen molar-refractivity contribution in [2.45, 2.75) is 51.3 Å². The van der Waals surface area contributed by atoms with E-state index in [4.69, 9.17) is 4.74 Å². The van der Waals surface area contributed by atoms with E-state index in [0.717, 1.165) is 30.3 Å². The van der Waals surface area contributed by atoms with Gasteiger partial charge in [-0.25, -0.2) is 31.9 Å². The third kappa shape index (κ3) is 6.52. The summed E-state index contributed by atoms with van der Waals surface area (Å²) in [6.07, 6.45) is 2.95. The van der Waals surface area contributed by atoms with Crippen molar-refractivity contribution in [3.05, 3.63) is 82.7 Å². The van der Waals surface area contributed by atoms with Gasteiger partial charge in [-0.2, -0.15) is 5.10 Å². The van der Waals surface area contributed by atoms with E-state index in [9.17, 15) is 18.4 Å². The number of imide groups is 1. The van der Waals surface area contributed by atoms with E-state index in [1.54, 1.807) is 17.8 Å². The molecule has 2 aromatic carbocycles. The smallest absolute Gasteiger partial charge is 0.332 e. The predicted octanol–water partition coefficient (Wildman–Crippen LogP) is 5.86. The quantitative estimate of drug-likeness (QED) is 0.151. The summed E-state index contributed by atoms with van der Waals surface area (Å²) in [5, 5.41) is 4.28. The Kier molecular flexibility index (Phi) is 8.42. The number of rotatable bonds is 7. The number of nitrogens with zero attached hydrogens (tertiary/aromatic N) is 4. The minimum atomic E-state index is -1.25. The van der Waals surface area contributed by atoms with Crippen LogP contribution >= 0.6 is 0 Å². The highest BCUT2D eigenvalue weighted by Crippen LogP contribution is 2.39. The highest BCUT2D eigenvalue weighted by molar-refractivity contribution is 6.76. The highest BCUT2D eigenvalue weighted by atomic mass is 28.3. The van der Waals surface area contributed by atoms with Gasteiger partial charge in [0.15, 0.2) is 11.6 Å². The van der Waals surface area contributed by atoms with Gasteiger partial charge in [-0.15, -0.1) is 0 Å². The van der Waals surface area contributed by atoms with Crippen LogP contribution in [-0.4, -0.2) is 48.3 Å².